The van der Waals surface area contributed by atoms with E-state index < -0.39 is 11.9 Å². The fourth-order valence-electron chi connectivity index (χ4n) is 2.53. The molecule has 2 aromatic rings. The van der Waals surface area contributed by atoms with Crippen molar-refractivity contribution in [2.45, 2.75) is 25.7 Å². The second-order valence-electron chi connectivity index (χ2n) is 5.56. The summed E-state index contributed by atoms with van der Waals surface area (Å²) in [6.07, 6.45) is 1.33. The van der Waals surface area contributed by atoms with Gasteiger partial charge in [0.15, 0.2) is 0 Å². The maximum absolute atomic E-state index is 11.2. The van der Waals surface area contributed by atoms with Crippen LogP contribution in [0, 0.1) is 5.92 Å². The number of rotatable bonds is 6. The predicted octanol–water partition coefficient (Wildman–Crippen LogP) is 5.43. The van der Waals surface area contributed by atoms with Gasteiger partial charge >= 0.3 is 5.97 Å². The van der Waals surface area contributed by atoms with Gasteiger partial charge in [0.25, 0.3) is 0 Å². The molecule has 2 rings (SSSR count). The minimum absolute atomic E-state index is 0.103. The highest BCUT2D eigenvalue weighted by Crippen LogP contribution is 2.30. The van der Waals surface area contributed by atoms with Crippen molar-refractivity contribution in [2.75, 3.05) is 0 Å². The summed E-state index contributed by atoms with van der Waals surface area (Å²) in [4.78, 5) is 11.2. The van der Waals surface area contributed by atoms with Gasteiger partial charge in [0.05, 0.1) is 5.92 Å². The number of carbonyl (C=O) groups is 1. The Morgan fingerprint density at radius 2 is 1.77 bits per heavy atom. The molecule has 2 aromatic carbocycles. The number of benzene rings is 2. The first-order valence-electron chi connectivity index (χ1n) is 7.18. The van der Waals surface area contributed by atoms with Crippen LogP contribution in [0.5, 0.6) is 0 Å². The molecule has 1 N–H and O–H groups in total. The van der Waals surface area contributed by atoms with Gasteiger partial charge in [-0.05, 0) is 54.2 Å². The van der Waals surface area contributed by atoms with Gasteiger partial charge in [-0.2, -0.15) is 0 Å². The zero-order valence-corrected chi connectivity index (χ0v) is 13.8. The lowest BCUT2D eigenvalue weighted by atomic mass is 9.85. The summed E-state index contributed by atoms with van der Waals surface area (Å²) in [7, 11) is 0. The molecular formula is C18H18Cl2O2. The van der Waals surface area contributed by atoms with Crippen molar-refractivity contribution < 1.29 is 9.90 Å². The predicted molar refractivity (Wildman–Crippen MR) is 90.8 cm³/mol. The average molecular weight is 337 g/mol. The lowest BCUT2D eigenvalue weighted by molar-refractivity contribution is -0.141. The Hall–Kier alpha value is -1.51. The minimum atomic E-state index is -0.775. The van der Waals surface area contributed by atoms with Gasteiger partial charge in [0.1, 0.15) is 0 Å². The van der Waals surface area contributed by atoms with Gasteiger partial charge in [-0.15, -0.1) is 0 Å². The Kier molecular flexibility index (Phi) is 5.87. The molecule has 0 aliphatic carbocycles. The standard InChI is InChI=1S/C18H18Cl2O2/c1-12(18(21)22)9-15(14-3-2-4-17(20)11-14)10-13-5-7-16(19)8-6-13/h2-8,11-12,15H,9-10H2,1H3,(H,21,22). The Morgan fingerprint density at radius 1 is 1.09 bits per heavy atom. The van der Waals surface area contributed by atoms with Crippen LogP contribution in [0.15, 0.2) is 48.5 Å². The van der Waals surface area contributed by atoms with Crippen molar-refractivity contribution in [3.8, 4) is 0 Å². The van der Waals surface area contributed by atoms with Crippen LogP contribution in [0.1, 0.15) is 30.4 Å². The summed E-state index contributed by atoms with van der Waals surface area (Å²) < 4.78 is 0. The molecule has 4 heteroatoms. The maximum Gasteiger partial charge on any atom is 0.306 e. The molecule has 0 heterocycles. The van der Waals surface area contributed by atoms with E-state index in [-0.39, 0.29) is 5.92 Å². The van der Waals surface area contributed by atoms with Crippen LogP contribution in [-0.2, 0) is 11.2 Å². The Labute approximate surface area is 140 Å². The van der Waals surface area contributed by atoms with Gasteiger partial charge in [0.2, 0.25) is 0 Å². The average Bonchev–Trinajstić information content (AvgIpc) is 2.48. The molecule has 0 spiro atoms. The Bertz CT molecular complexity index is 638. The molecule has 116 valence electrons. The molecule has 0 fully saturated rings. The first-order chi connectivity index (χ1) is 10.5. The SMILES string of the molecule is CC(CC(Cc1ccc(Cl)cc1)c1cccc(Cl)c1)C(=O)O. The number of hydrogen-bond donors (Lipinski definition) is 1. The van der Waals surface area contributed by atoms with E-state index in [1.807, 2.05) is 48.5 Å². The van der Waals surface area contributed by atoms with Gasteiger partial charge in [-0.1, -0.05) is 54.4 Å². The first-order valence-corrected chi connectivity index (χ1v) is 7.94. The molecule has 0 aliphatic heterocycles. The normalized spacial score (nSPS) is 13.6. The molecule has 22 heavy (non-hydrogen) atoms. The van der Waals surface area contributed by atoms with Gasteiger partial charge in [0, 0.05) is 10.0 Å². The summed E-state index contributed by atoms with van der Waals surface area (Å²) in [5.74, 6) is -1.08. The van der Waals surface area contributed by atoms with Crippen molar-refractivity contribution in [2.24, 2.45) is 5.92 Å². The molecule has 0 bridgehead atoms. The Balaban J connectivity index is 2.24. The summed E-state index contributed by atoms with van der Waals surface area (Å²) in [5.41, 5.74) is 2.20. The summed E-state index contributed by atoms with van der Waals surface area (Å²) >= 11 is 12.0. The Morgan fingerprint density at radius 3 is 2.36 bits per heavy atom. The summed E-state index contributed by atoms with van der Waals surface area (Å²) in [6, 6.07) is 15.3. The molecule has 0 aliphatic rings. The van der Waals surface area contributed by atoms with E-state index >= 15 is 0 Å². The summed E-state index contributed by atoms with van der Waals surface area (Å²) in [6.45, 7) is 1.74. The second kappa shape index (κ2) is 7.66. The molecule has 0 aromatic heterocycles. The van der Waals surface area contributed by atoms with E-state index in [9.17, 15) is 9.90 Å². The lowest BCUT2D eigenvalue weighted by Crippen LogP contribution is -2.15. The number of carboxylic acid groups (broad SMARTS) is 1. The third-order valence-electron chi connectivity index (χ3n) is 3.78. The van der Waals surface area contributed by atoms with E-state index in [1.165, 1.54) is 0 Å². The largest absolute Gasteiger partial charge is 0.481 e. The van der Waals surface area contributed by atoms with E-state index in [1.54, 1.807) is 6.92 Å². The van der Waals surface area contributed by atoms with Gasteiger partial charge < -0.3 is 5.11 Å². The van der Waals surface area contributed by atoms with E-state index in [4.69, 9.17) is 23.2 Å². The fraction of sp³-hybridized carbons (Fsp3) is 0.278. The molecule has 2 unspecified atom stereocenters. The molecular weight excluding hydrogens is 319 g/mol. The molecule has 0 radical (unpaired) electrons. The number of aliphatic carboxylic acids is 1. The molecule has 0 saturated carbocycles. The van der Waals surface area contributed by atoms with Crippen LogP contribution < -0.4 is 0 Å². The van der Waals surface area contributed by atoms with E-state index in [2.05, 4.69) is 0 Å². The topological polar surface area (TPSA) is 37.3 Å². The van der Waals surface area contributed by atoms with Crippen LogP contribution in [0.25, 0.3) is 0 Å². The number of halogens is 2. The fourth-order valence-corrected chi connectivity index (χ4v) is 2.86. The van der Waals surface area contributed by atoms with Crippen molar-refractivity contribution >= 4 is 29.2 Å². The maximum atomic E-state index is 11.2. The number of carboxylic acids is 1. The highest BCUT2D eigenvalue weighted by molar-refractivity contribution is 6.30. The van der Waals surface area contributed by atoms with Crippen molar-refractivity contribution in [3.63, 3.8) is 0 Å². The first kappa shape index (κ1) is 16.9. The van der Waals surface area contributed by atoms with Crippen LogP contribution in [-0.4, -0.2) is 11.1 Å². The van der Waals surface area contributed by atoms with E-state index in [0.717, 1.165) is 17.5 Å². The lowest BCUT2D eigenvalue weighted by Gasteiger charge is -2.20. The van der Waals surface area contributed by atoms with Crippen LogP contribution >= 0.6 is 23.2 Å². The zero-order chi connectivity index (χ0) is 16.1. The number of hydrogen-bond acceptors (Lipinski definition) is 1. The van der Waals surface area contributed by atoms with Gasteiger partial charge in [-0.3, -0.25) is 4.79 Å². The minimum Gasteiger partial charge on any atom is -0.481 e. The monoisotopic (exact) mass is 336 g/mol. The smallest absolute Gasteiger partial charge is 0.306 e. The van der Waals surface area contributed by atoms with Crippen LogP contribution in [0.4, 0.5) is 0 Å². The zero-order valence-electron chi connectivity index (χ0n) is 12.3. The molecule has 2 atom stereocenters. The van der Waals surface area contributed by atoms with E-state index in [0.29, 0.717) is 16.5 Å². The highest BCUT2D eigenvalue weighted by Gasteiger charge is 2.20. The summed E-state index contributed by atoms with van der Waals surface area (Å²) in [5, 5.41) is 10.6. The van der Waals surface area contributed by atoms with Crippen molar-refractivity contribution in [1.82, 2.24) is 0 Å². The molecule has 0 saturated heterocycles. The quantitative estimate of drug-likeness (QED) is 0.763. The highest BCUT2D eigenvalue weighted by atomic mass is 35.5. The third-order valence-corrected chi connectivity index (χ3v) is 4.26. The van der Waals surface area contributed by atoms with Crippen LogP contribution in [0.3, 0.4) is 0 Å². The molecule has 2 nitrogen and oxygen atoms in total. The molecule has 0 amide bonds. The van der Waals surface area contributed by atoms with Crippen molar-refractivity contribution in [3.05, 3.63) is 69.7 Å². The second-order valence-corrected chi connectivity index (χ2v) is 6.43. The van der Waals surface area contributed by atoms with Crippen molar-refractivity contribution in [1.29, 1.82) is 0 Å². The van der Waals surface area contributed by atoms with Gasteiger partial charge in [-0.25, -0.2) is 0 Å². The third kappa shape index (κ3) is 4.75. The van der Waals surface area contributed by atoms with Crippen LogP contribution in [0.2, 0.25) is 10.0 Å².